The van der Waals surface area contributed by atoms with Crippen molar-refractivity contribution >= 4 is 17.1 Å². The Bertz CT molecular complexity index is 2670. The second-order valence-corrected chi connectivity index (χ2v) is 14.6. The van der Waals surface area contributed by atoms with E-state index in [9.17, 15) is 0 Å². The van der Waals surface area contributed by atoms with Gasteiger partial charge in [0.2, 0.25) is 0 Å². The lowest BCUT2D eigenvalue weighted by molar-refractivity contribution is 0.488. The molecule has 0 spiro atoms. The van der Waals surface area contributed by atoms with E-state index in [0.29, 0.717) is 0 Å². The summed E-state index contributed by atoms with van der Waals surface area (Å²) in [4.78, 5) is 2.40. The molecule has 0 unspecified atom stereocenters. The van der Waals surface area contributed by atoms with Crippen molar-refractivity contribution in [3.8, 4) is 67.1 Å². The Morgan fingerprint density at radius 2 is 0.849 bits per heavy atom. The average Bonchev–Trinajstić information content (AvgIpc) is 3.35. The maximum Gasteiger partial charge on any atom is 0.135 e. The molecule has 0 amide bonds. The Morgan fingerprint density at radius 3 is 1.57 bits per heavy atom. The third-order valence-electron chi connectivity index (χ3n) is 11.1. The summed E-state index contributed by atoms with van der Waals surface area (Å²) in [6, 6.07) is 67.8. The fraction of sp³-hybridized carbons (Fsp3) is 0.0588. The van der Waals surface area contributed by atoms with Gasteiger partial charge in [0.25, 0.3) is 0 Å². The summed E-state index contributed by atoms with van der Waals surface area (Å²) in [5.74, 6) is 1.70. The first-order valence-electron chi connectivity index (χ1n) is 18.3. The van der Waals surface area contributed by atoms with Gasteiger partial charge in [-0.25, -0.2) is 0 Å². The van der Waals surface area contributed by atoms with Crippen molar-refractivity contribution in [3.05, 3.63) is 199 Å². The molecule has 1 aliphatic carbocycles. The summed E-state index contributed by atoms with van der Waals surface area (Å²) in [5, 5.41) is 0. The Morgan fingerprint density at radius 1 is 0.340 bits per heavy atom. The zero-order valence-electron chi connectivity index (χ0n) is 29.8. The number of anilines is 3. The number of benzene rings is 8. The minimum absolute atomic E-state index is 0.121. The number of nitrogens with zero attached hydrogens (tertiary/aromatic N) is 1. The van der Waals surface area contributed by atoms with Crippen LogP contribution in [0.25, 0.3) is 55.6 Å². The first kappa shape index (κ1) is 31.1. The van der Waals surface area contributed by atoms with Crippen molar-refractivity contribution in [3.63, 3.8) is 0 Å². The molecule has 0 N–H and O–H groups in total. The van der Waals surface area contributed by atoms with E-state index in [0.717, 1.165) is 50.8 Å². The lowest BCUT2D eigenvalue weighted by Gasteiger charge is -2.29. The highest BCUT2D eigenvalue weighted by atomic mass is 16.5. The molecule has 0 saturated heterocycles. The van der Waals surface area contributed by atoms with Crippen LogP contribution in [0.5, 0.6) is 11.5 Å². The molecule has 252 valence electrons. The summed E-state index contributed by atoms with van der Waals surface area (Å²) >= 11 is 0. The minimum Gasteiger partial charge on any atom is -0.456 e. The van der Waals surface area contributed by atoms with Gasteiger partial charge in [0.15, 0.2) is 0 Å². The molecule has 0 saturated carbocycles. The zero-order valence-corrected chi connectivity index (χ0v) is 29.8. The van der Waals surface area contributed by atoms with Crippen LogP contribution in [-0.4, -0.2) is 0 Å². The van der Waals surface area contributed by atoms with E-state index in [1.54, 1.807) is 0 Å². The van der Waals surface area contributed by atoms with Crippen LogP contribution < -0.4 is 9.64 Å². The molecule has 0 bridgehead atoms. The second-order valence-electron chi connectivity index (χ2n) is 14.6. The highest BCUT2D eigenvalue weighted by Gasteiger charge is 2.36. The maximum absolute atomic E-state index is 6.80. The van der Waals surface area contributed by atoms with Crippen LogP contribution in [0, 0.1) is 0 Å². The maximum atomic E-state index is 6.80. The van der Waals surface area contributed by atoms with Gasteiger partial charge in [-0.2, -0.15) is 0 Å². The molecule has 1 aliphatic heterocycles. The standard InChI is InChI=1S/C51H37NO/c1-51(2)47-23-12-11-22-43(47)44-27-25-40(33-48(44)51)52(38-19-13-18-36(30-38)34-14-5-3-6-15-34)39-26-29-50-46(32-39)42-21-10-9-20-41(42)45-31-37(24-28-49(45)53-50)35-16-7-4-8-17-35/h3-33H,1-2H3. The third-order valence-corrected chi connectivity index (χ3v) is 11.1. The first-order chi connectivity index (χ1) is 26.0. The van der Waals surface area contributed by atoms with Gasteiger partial charge < -0.3 is 9.64 Å². The van der Waals surface area contributed by atoms with Crippen molar-refractivity contribution in [2.45, 2.75) is 19.3 Å². The van der Waals surface area contributed by atoms with Crippen LogP contribution in [0.15, 0.2) is 188 Å². The van der Waals surface area contributed by atoms with Gasteiger partial charge >= 0.3 is 0 Å². The number of ether oxygens (including phenoxy) is 1. The van der Waals surface area contributed by atoms with Crippen LogP contribution in [-0.2, 0) is 5.41 Å². The van der Waals surface area contributed by atoms with Crippen molar-refractivity contribution < 1.29 is 4.74 Å². The van der Waals surface area contributed by atoms with Gasteiger partial charge in [-0.1, -0.05) is 147 Å². The average molecular weight is 680 g/mol. The predicted molar refractivity (Wildman–Crippen MR) is 221 cm³/mol. The van der Waals surface area contributed by atoms with Crippen molar-refractivity contribution in [2.75, 3.05) is 4.90 Å². The summed E-state index contributed by atoms with van der Waals surface area (Å²) in [5.41, 5.74) is 17.7. The van der Waals surface area contributed by atoms with Crippen LogP contribution in [0.2, 0.25) is 0 Å². The molecule has 0 fully saturated rings. The smallest absolute Gasteiger partial charge is 0.135 e. The molecular formula is C51H37NO. The zero-order chi connectivity index (χ0) is 35.5. The van der Waals surface area contributed by atoms with E-state index in [1.165, 1.54) is 44.5 Å². The summed E-state index contributed by atoms with van der Waals surface area (Å²) in [6.07, 6.45) is 0. The normalized spacial score (nSPS) is 13.0. The van der Waals surface area contributed by atoms with Gasteiger partial charge in [0, 0.05) is 33.6 Å². The number of rotatable bonds is 5. The first-order valence-corrected chi connectivity index (χ1v) is 18.3. The van der Waals surface area contributed by atoms with Crippen molar-refractivity contribution in [1.29, 1.82) is 0 Å². The second kappa shape index (κ2) is 12.3. The van der Waals surface area contributed by atoms with E-state index in [1.807, 2.05) is 0 Å². The molecule has 2 nitrogen and oxygen atoms in total. The summed E-state index contributed by atoms with van der Waals surface area (Å²) in [6.45, 7) is 4.69. The third kappa shape index (κ3) is 5.18. The molecule has 1 heterocycles. The minimum atomic E-state index is -0.121. The highest BCUT2D eigenvalue weighted by Crippen LogP contribution is 2.52. The van der Waals surface area contributed by atoms with Crippen molar-refractivity contribution in [2.24, 2.45) is 0 Å². The summed E-state index contributed by atoms with van der Waals surface area (Å²) < 4.78 is 6.80. The topological polar surface area (TPSA) is 12.5 Å². The molecule has 8 aromatic carbocycles. The molecule has 0 radical (unpaired) electrons. The molecule has 2 aliphatic rings. The summed E-state index contributed by atoms with van der Waals surface area (Å²) in [7, 11) is 0. The molecule has 2 heteroatoms. The molecule has 8 aromatic rings. The molecule has 10 rings (SSSR count). The van der Waals surface area contributed by atoms with Crippen LogP contribution >= 0.6 is 0 Å². The predicted octanol–water partition coefficient (Wildman–Crippen LogP) is 14.2. The Hall–Kier alpha value is -6.64. The van der Waals surface area contributed by atoms with Crippen LogP contribution in [0.3, 0.4) is 0 Å². The van der Waals surface area contributed by atoms with Gasteiger partial charge in [-0.3, -0.25) is 0 Å². The van der Waals surface area contributed by atoms with E-state index in [2.05, 4.69) is 207 Å². The van der Waals surface area contributed by atoms with E-state index in [4.69, 9.17) is 4.74 Å². The largest absolute Gasteiger partial charge is 0.456 e. The lowest BCUT2D eigenvalue weighted by Crippen LogP contribution is -2.16. The van der Waals surface area contributed by atoms with Gasteiger partial charge in [-0.05, 0) is 110 Å². The molecule has 0 atom stereocenters. The van der Waals surface area contributed by atoms with E-state index < -0.39 is 0 Å². The molecule has 0 aromatic heterocycles. The van der Waals surface area contributed by atoms with E-state index >= 15 is 0 Å². The number of fused-ring (bicyclic) bond motifs is 8. The number of hydrogen-bond donors (Lipinski definition) is 0. The van der Waals surface area contributed by atoms with Gasteiger partial charge in [-0.15, -0.1) is 0 Å². The van der Waals surface area contributed by atoms with Gasteiger partial charge in [0.1, 0.15) is 11.5 Å². The monoisotopic (exact) mass is 679 g/mol. The van der Waals surface area contributed by atoms with Crippen molar-refractivity contribution in [1.82, 2.24) is 0 Å². The lowest BCUT2D eigenvalue weighted by atomic mass is 9.82. The van der Waals surface area contributed by atoms with E-state index in [-0.39, 0.29) is 5.41 Å². The Labute approximate surface area is 311 Å². The van der Waals surface area contributed by atoms with Gasteiger partial charge in [0.05, 0.1) is 0 Å². The van der Waals surface area contributed by atoms with Crippen LogP contribution in [0.4, 0.5) is 17.1 Å². The SMILES string of the molecule is CC1(C)c2ccccc2-c2ccc(N(c3cccc(-c4ccccc4)c3)c3ccc4c(c3)-c3ccccc3-c3cc(-c5ccccc5)ccc3O4)cc21. The fourth-order valence-corrected chi connectivity index (χ4v) is 8.40. The van der Waals surface area contributed by atoms with Crippen LogP contribution in [0.1, 0.15) is 25.0 Å². The number of hydrogen-bond acceptors (Lipinski definition) is 2. The highest BCUT2D eigenvalue weighted by molar-refractivity contribution is 5.94. The molecule has 53 heavy (non-hydrogen) atoms. The fourth-order valence-electron chi connectivity index (χ4n) is 8.40. The Kier molecular flexibility index (Phi) is 7.19. The molecular weight excluding hydrogens is 643 g/mol. The Balaban J connectivity index is 1.15. The quantitative estimate of drug-likeness (QED) is 0.180.